The number of carbonyl (C=O) groups is 8. The van der Waals surface area contributed by atoms with E-state index in [1.54, 1.807) is 58.2 Å². The van der Waals surface area contributed by atoms with Gasteiger partial charge in [0.1, 0.15) is 69.5 Å². The highest BCUT2D eigenvalue weighted by Gasteiger charge is 2.43. The second-order valence-electron chi connectivity index (χ2n) is 32.4. The van der Waals surface area contributed by atoms with Crippen LogP contribution in [0.5, 0.6) is 0 Å². The van der Waals surface area contributed by atoms with E-state index in [4.69, 9.17) is 66.5 Å². The van der Waals surface area contributed by atoms with E-state index < -0.39 is 48.5 Å². The summed E-state index contributed by atoms with van der Waals surface area (Å²) in [5.41, 5.74) is 13.6. The van der Waals surface area contributed by atoms with E-state index in [0.717, 1.165) is 89.5 Å². The Morgan fingerprint density at radius 3 is 0.943 bits per heavy atom. The number of nitrogens with one attached hydrogen (secondary N) is 8. The van der Waals surface area contributed by atoms with Crippen LogP contribution in [-0.4, -0.2) is 206 Å². The molecule has 4 aliphatic heterocycles. The first-order chi connectivity index (χ1) is 58.7. The minimum Gasteiger partial charge on any atom is -0.453 e. The van der Waals surface area contributed by atoms with Crippen LogP contribution in [0.25, 0.3) is 112 Å². The Balaban J connectivity index is 0.000000190. The van der Waals surface area contributed by atoms with Crippen LogP contribution in [0.1, 0.15) is 166 Å². The predicted octanol–water partition coefficient (Wildman–Crippen LogP) is 13.6. The van der Waals surface area contributed by atoms with Gasteiger partial charge in [-0.05, 0) is 111 Å². The van der Waals surface area contributed by atoms with Crippen LogP contribution >= 0.6 is 0 Å². The van der Waals surface area contributed by atoms with Crippen molar-refractivity contribution in [2.45, 2.75) is 169 Å². The van der Waals surface area contributed by atoms with E-state index >= 15 is 0 Å². The first-order valence-electron chi connectivity index (χ1n) is 41.1. The highest BCUT2D eigenvalue weighted by atomic mass is 16.6. The summed E-state index contributed by atoms with van der Waals surface area (Å²) >= 11 is 0. The molecule has 4 saturated heterocycles. The highest BCUT2D eigenvalue weighted by molar-refractivity contribution is 6.08. The van der Waals surface area contributed by atoms with E-state index in [2.05, 4.69) is 51.2 Å². The molecule has 8 atom stereocenters. The van der Waals surface area contributed by atoms with E-state index in [0.29, 0.717) is 135 Å². The van der Waals surface area contributed by atoms with Gasteiger partial charge in [-0.25, -0.2) is 59.0 Å². The van der Waals surface area contributed by atoms with Crippen LogP contribution in [0.2, 0.25) is 0 Å². The van der Waals surface area contributed by atoms with Gasteiger partial charge in [-0.1, -0.05) is 67.5 Å². The molecule has 0 radical (unpaired) electrons. The van der Waals surface area contributed by atoms with Gasteiger partial charge in [0, 0.05) is 84.5 Å². The first-order valence-corrected chi connectivity index (χ1v) is 41.1. The molecule has 122 heavy (non-hydrogen) atoms. The Bertz CT molecular complexity index is 5560. The number of aromatic nitrogens is 12. The third kappa shape index (κ3) is 16.2. The summed E-state index contributed by atoms with van der Waals surface area (Å²) in [6, 6.07) is 11.5. The fourth-order valence-corrected chi connectivity index (χ4v) is 17.2. The maximum atomic E-state index is 13.8. The number of rotatable bonds is 22. The average molecular weight is 1670 g/mol. The number of oxazole rings is 4. The number of fused-ring (bicyclic) bond motifs is 4. The second-order valence-corrected chi connectivity index (χ2v) is 32.4. The van der Waals surface area contributed by atoms with Gasteiger partial charge in [0.15, 0.2) is 46.9 Å². The van der Waals surface area contributed by atoms with Crippen LogP contribution in [0.15, 0.2) is 104 Å². The molecule has 640 valence electrons. The number of hydrogen-bond acceptors (Lipinski definition) is 24. The van der Waals surface area contributed by atoms with E-state index in [1.807, 2.05) is 104 Å². The van der Waals surface area contributed by atoms with E-state index in [-0.39, 0.29) is 71.5 Å². The number of nitrogens with zero attached hydrogens (tertiary/aromatic N) is 12. The number of hydrogen-bond donors (Lipinski definition) is 8. The molecule has 36 nitrogen and oxygen atoms in total. The van der Waals surface area contributed by atoms with Crippen molar-refractivity contribution in [3.8, 4) is 67.3 Å². The molecule has 8 N–H and O–H groups in total. The fourth-order valence-electron chi connectivity index (χ4n) is 17.2. The Kier molecular flexibility index (Phi) is 24.1. The van der Waals surface area contributed by atoms with Crippen LogP contribution < -0.4 is 21.3 Å². The molecule has 8 amide bonds. The van der Waals surface area contributed by atoms with Crippen molar-refractivity contribution in [2.24, 2.45) is 23.7 Å². The predicted molar refractivity (Wildman–Crippen MR) is 445 cm³/mol. The summed E-state index contributed by atoms with van der Waals surface area (Å²) in [7, 11) is 5.10. The number of aromatic amines is 4. The molecule has 0 saturated carbocycles. The van der Waals surface area contributed by atoms with Gasteiger partial charge in [-0.3, -0.25) is 19.2 Å². The lowest BCUT2D eigenvalue weighted by Gasteiger charge is -2.30. The zero-order valence-electron chi connectivity index (χ0n) is 70.4. The number of amides is 8. The Hall–Kier alpha value is -13.4. The second kappa shape index (κ2) is 35.1. The molecule has 0 unspecified atom stereocenters. The van der Waals surface area contributed by atoms with Gasteiger partial charge in [0.2, 0.25) is 23.6 Å². The average Bonchev–Trinajstić information content (AvgIpc) is 1.57. The lowest BCUT2D eigenvalue weighted by Crippen LogP contribution is -2.51. The van der Waals surface area contributed by atoms with Crippen molar-refractivity contribution in [3.63, 3.8) is 0 Å². The van der Waals surface area contributed by atoms with Crippen molar-refractivity contribution in [1.82, 2.24) is 101 Å². The van der Waals surface area contributed by atoms with Gasteiger partial charge in [-0.2, -0.15) is 0 Å². The highest BCUT2D eigenvalue weighted by Crippen LogP contribution is 2.46. The Morgan fingerprint density at radius 1 is 0.352 bits per heavy atom. The number of alkyl carbamates (subject to hydrolysis) is 4. The number of likely N-dealkylation sites (tertiary alicyclic amines) is 4. The largest absolute Gasteiger partial charge is 0.453 e. The van der Waals surface area contributed by atoms with E-state index in [1.165, 1.54) is 41.2 Å². The van der Waals surface area contributed by atoms with Gasteiger partial charge < -0.3 is 97.4 Å². The van der Waals surface area contributed by atoms with Crippen LogP contribution in [-0.2, 0) is 38.1 Å². The fraction of sp³-hybridized carbons (Fsp3) is 0.442. The number of methoxy groups -OCH3 is 4. The molecule has 8 aromatic heterocycles. The number of benzene rings is 4. The van der Waals surface area contributed by atoms with Crippen LogP contribution in [0.4, 0.5) is 19.2 Å². The molecule has 12 heterocycles. The topological polar surface area (TPSA) is 453 Å². The lowest BCUT2D eigenvalue weighted by atomic mass is 9.98. The standard InChI is InChI=1S/C44H52N10O8.C42H48N10O8/c1-21(2)33(51-43(57)59-7)41(55)53-17-9-11-31(53)39-45-19-29(49-39)27-15-14-26(37-36(27)48-24(6)61-37)25-13-16-28(38-35(25)47-23(5)62-38)30-20-46-40(50-30)32-12-10-18-54(32)42(56)34(22(3)4)52-44(58)60-8;1-21(2)31(49-41(55)57-5)39(53)51-15-7-9-29(51)37-43-17-27(47-37)25-13-12-24(35-34(25)46-20-59-35)23-11-14-26(36-33(23)45-19-60-36)28-18-44-38(48-28)30-10-8-16-52(30)40(54)32(22(3)4)50-42(56)58-6/h13-16,19-22,31-34H,9-12,17-18H2,1-8H3,(H,45,49)(H,46,50)(H,51,57)(H,52,58);11-14,17-22,29-32H,7-10,15-16H2,1-6H3,(H,43,47)(H,44,48)(H,49,55)(H,50,56)/t31-,32-,33-,34-;29-,30-,31-,32-/m00/s1. The molecule has 0 bridgehead atoms. The summed E-state index contributed by atoms with van der Waals surface area (Å²) in [6.45, 7) is 20.8. The Morgan fingerprint density at radius 2 is 0.607 bits per heavy atom. The summed E-state index contributed by atoms with van der Waals surface area (Å²) in [6.07, 6.45) is 13.2. The lowest BCUT2D eigenvalue weighted by molar-refractivity contribution is -0.136. The van der Waals surface area contributed by atoms with Crippen molar-refractivity contribution in [3.05, 3.63) is 121 Å². The third-order valence-corrected chi connectivity index (χ3v) is 23.4. The molecule has 0 spiro atoms. The number of ether oxygens (including phenoxy) is 4. The summed E-state index contributed by atoms with van der Waals surface area (Å²) < 4.78 is 43.7. The maximum Gasteiger partial charge on any atom is 0.407 e. The molecule has 4 fully saturated rings. The zero-order valence-corrected chi connectivity index (χ0v) is 70.4. The summed E-state index contributed by atoms with van der Waals surface area (Å²) in [4.78, 5) is 162. The summed E-state index contributed by atoms with van der Waals surface area (Å²) in [5, 5.41) is 10.8. The maximum absolute atomic E-state index is 13.8. The van der Waals surface area contributed by atoms with Gasteiger partial charge in [-0.15, -0.1) is 0 Å². The molecule has 4 aliphatic rings. The third-order valence-electron chi connectivity index (χ3n) is 23.4. The monoisotopic (exact) mass is 1670 g/mol. The minimum atomic E-state index is -0.741. The molecule has 4 aromatic carbocycles. The molecule has 36 heteroatoms. The van der Waals surface area contributed by atoms with Crippen LogP contribution in [0.3, 0.4) is 0 Å². The number of imidazole rings is 4. The number of H-pyrrole nitrogens is 4. The molecular formula is C86H100N20O16. The molecule has 16 rings (SSSR count). The first kappa shape index (κ1) is 83.6. The number of carbonyl (C=O) groups excluding carboxylic acids is 8. The molecule has 12 aromatic rings. The van der Waals surface area contributed by atoms with Crippen LogP contribution in [0, 0.1) is 37.5 Å². The smallest absolute Gasteiger partial charge is 0.407 e. The summed E-state index contributed by atoms with van der Waals surface area (Å²) in [5.74, 6) is 2.18. The van der Waals surface area contributed by atoms with Crippen molar-refractivity contribution < 1.29 is 75.0 Å². The van der Waals surface area contributed by atoms with Crippen molar-refractivity contribution in [2.75, 3.05) is 54.6 Å². The SMILES string of the molecule is COC(=O)N[C@H](C(=O)N1CCC[C@H]1c1ncc(-c2ccc(-c3ccc(-c4cnc([C@@H]5CCCN5C(=O)[C@@H](NC(=O)OC)C(C)C)[nH]4)c4oc(C)nc34)c3oc(C)nc23)[nH]1)C(C)C.COC(=O)N[C@H](C(=O)N1CCC[C@H]1c1ncc(-c2ccc(-c3ccc(-c4cnc([C@@H]5CCCN5C(=O)[C@@H](NC(=O)OC)C(C)C)[nH]4)c4ocnc34)c3ocnc23)[nH]1)C(C)C. The number of aryl methyl sites for hydroxylation is 2. The van der Waals surface area contributed by atoms with Gasteiger partial charge in [0.25, 0.3) is 0 Å². The minimum absolute atomic E-state index is 0.147. The normalized spacial score (nSPS) is 17.7. The van der Waals surface area contributed by atoms with Gasteiger partial charge >= 0.3 is 24.4 Å². The molecule has 0 aliphatic carbocycles. The van der Waals surface area contributed by atoms with Crippen molar-refractivity contribution in [1.29, 1.82) is 0 Å². The quantitative estimate of drug-likeness (QED) is 0.0292. The Labute approximate surface area is 700 Å². The van der Waals surface area contributed by atoms with E-state index in [9.17, 15) is 38.4 Å². The zero-order chi connectivity index (χ0) is 86.2. The van der Waals surface area contributed by atoms with Crippen molar-refractivity contribution >= 4 is 92.4 Å². The van der Waals surface area contributed by atoms with Gasteiger partial charge in [0.05, 0.1) is 100 Å². The molecular weight excluding hydrogens is 1570 g/mol.